The molecule has 0 aliphatic carbocycles. The summed E-state index contributed by atoms with van der Waals surface area (Å²) in [5.41, 5.74) is 14.8. The fourth-order valence-electron chi connectivity index (χ4n) is 13.3. The lowest BCUT2D eigenvalue weighted by atomic mass is 10.2. The summed E-state index contributed by atoms with van der Waals surface area (Å²) in [5, 5.41) is 16.0. The number of morpholine rings is 4. The first kappa shape index (κ1) is 103. The molecular weight excluding hydrogens is 1940 g/mol. The van der Waals surface area contributed by atoms with Crippen LogP contribution in [-0.2, 0) is 37.9 Å². The smallest absolute Gasteiger partial charge is 0.414 e. The third kappa shape index (κ3) is 29.9. The van der Waals surface area contributed by atoms with Crippen molar-refractivity contribution < 1.29 is 104 Å². The molecule has 8 N–H and O–H groups in total. The molecule has 8 saturated heterocycles. The van der Waals surface area contributed by atoms with Gasteiger partial charge in [0.2, 0.25) is 0 Å². The largest absolute Gasteiger partial charge is 0.477 e. The van der Waals surface area contributed by atoms with Gasteiger partial charge >= 0.3 is 30.3 Å². The average Bonchev–Trinajstić information content (AvgIpc) is 1.83. The number of carboxylic acid groups (broad SMARTS) is 1. The predicted molar refractivity (Wildman–Crippen MR) is 503 cm³/mol. The standard InChI is InChI=1S/2C19H19ClFN3O4S.2C14H18FN3O3.C8H8ClNOS.C5H2Cl2OS.C5H3ClO2S.B/c2*20-17-4-3-16(29-17)18(25)22-10-13-11-24(19(26)28-13)12-1-2-15(14(21)9-12)23-5-7-27-8-6-23;2*15-12-7-10(18-9-11(8-16)21-14(18)19)1-2-13(12)17-3-5-20-6-4-17;1-2-5-10-8(11)6-3-4-7(9)12-6;2*6-4-2-1-3(9-4)5(7)8;/h2*1-4,9,13H,5-8,10-11H2,(H,22,25);2*1-2,7,11H,3-6,8-9,16H2;2-4H,1,5H2,(H,10,11);1-2H;1-2H,(H,7,8);/t2*13-;2*11-;;;;/m0000..../s1. The number of amides is 7. The van der Waals surface area contributed by atoms with Crippen LogP contribution in [0, 0.1) is 23.3 Å². The summed E-state index contributed by atoms with van der Waals surface area (Å²) in [6.45, 7) is 15.7. The Labute approximate surface area is 801 Å². The molecule has 0 spiro atoms. The van der Waals surface area contributed by atoms with E-state index in [2.05, 4.69) is 22.5 Å². The van der Waals surface area contributed by atoms with Gasteiger partial charge in [-0.2, -0.15) is 0 Å². The SMILES string of the molecule is C=CCNC(=O)c1ccc(Cl)s1.NC[C@H]1CN(c2ccc(N3CCOCC3)c(F)c2)C(=O)O1.NC[C@H]1CN(c2ccc(N3CCOCC3)c(F)c2)C(=O)O1.O=C(Cl)c1ccc(Cl)s1.O=C(NC[C@H]1CN(c2ccc(N3CCOCC3)c(F)c2)C(=O)O1)c1ccc(Cl)s1.O=C(NC[C@H]1CN(c2ccc(N3CCOCC3)c(F)c2)C(=O)O1)c1ccc(Cl)s1.O=C(O)c1ccc(Cl)s1.[B]. The number of anilines is 8. The highest BCUT2D eigenvalue weighted by Crippen LogP contribution is 2.35. The van der Waals surface area contributed by atoms with E-state index in [1.807, 2.05) is 19.6 Å². The third-order valence-electron chi connectivity index (χ3n) is 19.7. The van der Waals surface area contributed by atoms with E-state index in [9.17, 15) is 60.7 Å². The maximum Gasteiger partial charge on any atom is 0.414 e. The summed E-state index contributed by atoms with van der Waals surface area (Å²) >= 11 is 39.3. The van der Waals surface area contributed by atoms with E-state index >= 15 is 0 Å². The minimum atomic E-state index is -0.924. The molecule has 4 atom stereocenters. The summed E-state index contributed by atoms with van der Waals surface area (Å²) in [4.78, 5) is 120. The molecule has 0 saturated carbocycles. The number of carboxylic acids is 1. The van der Waals surface area contributed by atoms with Crippen LogP contribution in [0.3, 0.4) is 0 Å². The number of nitrogens with two attached hydrogens (primary N) is 2. The molecule has 31 nitrogen and oxygen atoms in total. The van der Waals surface area contributed by atoms with Crippen molar-refractivity contribution in [3.05, 3.63) is 215 Å². The van der Waals surface area contributed by atoms with Crippen molar-refractivity contribution in [3.63, 3.8) is 0 Å². The molecule has 9 aromatic rings. The van der Waals surface area contributed by atoms with Crippen molar-refractivity contribution in [2.45, 2.75) is 24.4 Å². The number of carbonyl (C=O) groups is 9. The number of hydrogen-bond acceptors (Lipinski definition) is 28. The van der Waals surface area contributed by atoms with Gasteiger partial charge in [-0.1, -0.05) is 64.1 Å². The number of benzene rings is 4. The normalized spacial score (nSPS) is 18.0. The van der Waals surface area contributed by atoms with Crippen LogP contribution in [0.25, 0.3) is 0 Å². The van der Waals surface area contributed by atoms with Crippen LogP contribution in [0.1, 0.15) is 48.4 Å². The minimum Gasteiger partial charge on any atom is -0.477 e. The van der Waals surface area contributed by atoms with E-state index < -0.39 is 59.4 Å². The maximum absolute atomic E-state index is 14.6. The quantitative estimate of drug-likeness (QED) is 0.0128. The van der Waals surface area contributed by atoms with Crippen molar-refractivity contribution in [1.29, 1.82) is 0 Å². The fourth-order valence-corrected chi connectivity index (χ4v) is 18.1. The van der Waals surface area contributed by atoms with Gasteiger partial charge in [0.15, 0.2) is 0 Å². The average molecular weight is 2030 g/mol. The first-order valence-corrected chi connectivity index (χ1v) is 46.4. The highest BCUT2D eigenvalue weighted by atomic mass is 35.5. The topological polar surface area (TPSA) is 362 Å². The summed E-state index contributed by atoms with van der Waals surface area (Å²) in [6.07, 6.45) is -2.18. The van der Waals surface area contributed by atoms with Gasteiger partial charge in [0.1, 0.15) is 52.6 Å². The maximum atomic E-state index is 14.6. The molecule has 3 radical (unpaired) electrons. The summed E-state index contributed by atoms with van der Waals surface area (Å²) in [6, 6.07) is 35.2. The number of carbonyl (C=O) groups excluding carboxylic acids is 8. The Morgan fingerprint density at radius 1 is 0.389 bits per heavy atom. The zero-order chi connectivity index (χ0) is 93.1. The van der Waals surface area contributed by atoms with Crippen LogP contribution in [0.4, 0.5) is 82.2 Å². The Morgan fingerprint density at radius 2 is 0.634 bits per heavy atom. The Kier molecular flexibility index (Phi) is 40.2. The van der Waals surface area contributed by atoms with Gasteiger partial charge in [-0.3, -0.25) is 38.8 Å². The minimum absolute atomic E-state index is 0. The number of halogens is 10. The number of rotatable bonds is 21. The van der Waals surface area contributed by atoms with E-state index in [0.29, 0.717) is 212 Å². The van der Waals surface area contributed by atoms with Crippen molar-refractivity contribution in [2.75, 3.05) is 203 Å². The van der Waals surface area contributed by atoms with E-state index in [4.69, 9.17) is 124 Å². The molecule has 8 aliphatic heterocycles. The third-order valence-corrected chi connectivity index (χ3v) is 26.2. The second kappa shape index (κ2) is 50.9. The second-order valence-electron chi connectivity index (χ2n) is 28.4. The summed E-state index contributed by atoms with van der Waals surface area (Å²) in [7, 11) is 0. The van der Waals surface area contributed by atoms with Gasteiger partial charge in [-0.15, -0.1) is 63.3 Å². The van der Waals surface area contributed by atoms with Crippen LogP contribution in [-0.4, -0.2) is 255 Å². The predicted octanol–water partition coefficient (Wildman–Crippen LogP) is 15.0. The van der Waals surface area contributed by atoms with Crippen LogP contribution in [0.2, 0.25) is 21.7 Å². The van der Waals surface area contributed by atoms with Crippen LogP contribution >= 0.6 is 126 Å². The molecule has 13 heterocycles. The summed E-state index contributed by atoms with van der Waals surface area (Å²) < 4.78 is 103. The Bertz CT molecular complexity index is 5130. The van der Waals surface area contributed by atoms with Gasteiger partial charge in [0.25, 0.3) is 23.0 Å². The van der Waals surface area contributed by atoms with Gasteiger partial charge in [-0.25, -0.2) is 41.5 Å². The lowest BCUT2D eigenvalue weighted by Crippen LogP contribution is -2.37. The Balaban J connectivity index is 0.000000165. The highest BCUT2D eigenvalue weighted by Gasteiger charge is 2.38. The first-order chi connectivity index (χ1) is 62.5. The number of hydrogen-bond donors (Lipinski definition) is 6. The van der Waals surface area contributed by atoms with Crippen molar-refractivity contribution in [1.82, 2.24) is 16.0 Å². The number of aromatic carboxylic acids is 1. The van der Waals surface area contributed by atoms with E-state index in [0.717, 1.165) is 11.3 Å². The highest BCUT2D eigenvalue weighted by molar-refractivity contribution is 7.20. The molecule has 0 unspecified atom stereocenters. The first-order valence-electron chi connectivity index (χ1n) is 40.0. The van der Waals surface area contributed by atoms with Gasteiger partial charge in [0.05, 0.1) is 179 Å². The molecular formula is C84H87BCl6F4N13O18S5. The van der Waals surface area contributed by atoms with Gasteiger partial charge in [-0.05, 0) is 145 Å². The molecule has 0 bridgehead atoms. The molecule has 47 heteroatoms. The monoisotopic (exact) mass is 2020 g/mol. The number of ether oxygens (including phenoxy) is 8. The van der Waals surface area contributed by atoms with Gasteiger partial charge in [0, 0.05) is 80.4 Å². The molecule has 131 heavy (non-hydrogen) atoms. The van der Waals surface area contributed by atoms with Crippen LogP contribution in [0.5, 0.6) is 0 Å². The zero-order valence-corrected chi connectivity index (χ0v) is 78.1. The number of nitrogens with one attached hydrogen (secondary N) is 3. The number of thiophene rings is 5. The lowest BCUT2D eigenvalue weighted by molar-refractivity contribution is 0.0700. The van der Waals surface area contributed by atoms with E-state index in [-0.39, 0.29) is 94.1 Å². The summed E-state index contributed by atoms with van der Waals surface area (Å²) in [5.74, 6) is -3.09. The number of cyclic esters (lactones) is 4. The molecule has 8 fully saturated rings. The number of nitrogens with zero attached hydrogens (tertiary/aromatic N) is 8. The van der Waals surface area contributed by atoms with E-state index in [1.54, 1.807) is 109 Å². The molecule has 4 aromatic carbocycles. The van der Waals surface area contributed by atoms with Crippen LogP contribution < -0.4 is 66.6 Å². The fraction of sp³-hybridized carbons (Fsp3) is 0.345. The van der Waals surface area contributed by atoms with Crippen molar-refractivity contribution >= 4 is 234 Å². The second-order valence-corrected chi connectivity index (χ2v) is 37.3. The van der Waals surface area contributed by atoms with Crippen molar-refractivity contribution in [3.8, 4) is 0 Å². The molecule has 7 amide bonds. The van der Waals surface area contributed by atoms with Crippen molar-refractivity contribution in [2.24, 2.45) is 11.5 Å². The Hall–Kier alpha value is -9.77. The zero-order valence-electron chi connectivity index (χ0n) is 69.5. The molecule has 8 aliphatic rings. The molecule has 5 aromatic heterocycles. The lowest BCUT2D eigenvalue weighted by Gasteiger charge is -2.29. The van der Waals surface area contributed by atoms with E-state index in [1.165, 1.54) is 95.3 Å². The molecule has 17 rings (SSSR count). The van der Waals surface area contributed by atoms with Crippen LogP contribution in [0.15, 0.2) is 146 Å². The van der Waals surface area contributed by atoms with Gasteiger partial charge < -0.3 is 90.0 Å². The Morgan fingerprint density at radius 3 is 0.840 bits per heavy atom. The molecule has 699 valence electrons.